The molecule has 0 spiro atoms. The number of hydrogen-bond acceptors (Lipinski definition) is 3. The number of carbonyl (C=O) groups is 1. The highest BCUT2D eigenvalue weighted by Gasteiger charge is 2.15. The molecule has 0 fully saturated rings. The van der Waals surface area contributed by atoms with Crippen LogP contribution in [0.15, 0.2) is 6.20 Å². The van der Waals surface area contributed by atoms with Crippen molar-refractivity contribution in [1.29, 1.82) is 0 Å². The topological polar surface area (TPSA) is 42.9 Å². The predicted octanol–water partition coefficient (Wildman–Crippen LogP) is 2.45. The normalized spacial score (nSPS) is 10.5. The summed E-state index contributed by atoms with van der Waals surface area (Å²) in [6, 6.07) is 0. The van der Waals surface area contributed by atoms with E-state index < -0.39 is 17.5 Å². The molecule has 3 nitrogen and oxygen atoms in total. The van der Waals surface area contributed by atoms with Crippen molar-refractivity contribution < 1.29 is 13.6 Å². The van der Waals surface area contributed by atoms with Gasteiger partial charge in [0.25, 0.3) is 11.7 Å². The lowest BCUT2D eigenvalue weighted by molar-refractivity contribution is 0.107. The molecular formula is C6H2Cl2F2N2O. The van der Waals surface area contributed by atoms with Crippen LogP contribution in [0.25, 0.3) is 0 Å². The van der Waals surface area contributed by atoms with Crippen molar-refractivity contribution in [2.45, 2.75) is 6.43 Å². The van der Waals surface area contributed by atoms with Gasteiger partial charge in [-0.15, -0.1) is 0 Å². The monoisotopic (exact) mass is 226 g/mol. The van der Waals surface area contributed by atoms with Crippen LogP contribution in [0.3, 0.4) is 0 Å². The lowest BCUT2D eigenvalue weighted by Gasteiger charge is -2.00. The van der Waals surface area contributed by atoms with Gasteiger partial charge in [0.2, 0.25) is 0 Å². The Bertz CT molecular complexity index is 345. The molecule has 1 heterocycles. The van der Waals surface area contributed by atoms with Crippen LogP contribution in [0, 0.1) is 0 Å². The van der Waals surface area contributed by atoms with Crippen LogP contribution < -0.4 is 0 Å². The molecule has 0 amide bonds. The quantitative estimate of drug-likeness (QED) is 0.575. The maximum Gasteiger partial charge on any atom is 0.297 e. The van der Waals surface area contributed by atoms with Gasteiger partial charge >= 0.3 is 0 Å². The first-order chi connectivity index (χ1) is 6.02. The van der Waals surface area contributed by atoms with Crippen LogP contribution in [0.4, 0.5) is 8.78 Å². The van der Waals surface area contributed by atoms with Crippen LogP contribution in [0.2, 0.25) is 5.15 Å². The van der Waals surface area contributed by atoms with Gasteiger partial charge in [0.05, 0.1) is 5.56 Å². The number of halogens is 4. The van der Waals surface area contributed by atoms with Gasteiger partial charge in [0.1, 0.15) is 5.15 Å². The maximum atomic E-state index is 12.0. The average Bonchev–Trinajstić information content (AvgIpc) is 2.03. The highest BCUT2D eigenvalue weighted by molar-refractivity contribution is 6.68. The number of nitrogens with zero attached hydrogens (tertiary/aromatic N) is 2. The molecule has 1 rings (SSSR count). The zero-order valence-electron chi connectivity index (χ0n) is 5.97. The molecule has 0 unspecified atom stereocenters. The molecule has 0 saturated carbocycles. The van der Waals surface area contributed by atoms with E-state index in [0.29, 0.717) is 0 Å². The van der Waals surface area contributed by atoms with Crippen molar-refractivity contribution in [3.8, 4) is 0 Å². The molecule has 0 saturated heterocycles. The minimum atomic E-state index is -2.82. The summed E-state index contributed by atoms with van der Waals surface area (Å²) < 4.78 is 24.0. The lowest BCUT2D eigenvalue weighted by Crippen LogP contribution is -2.00. The third-order valence-electron chi connectivity index (χ3n) is 1.17. The van der Waals surface area contributed by atoms with Crippen LogP contribution in [-0.4, -0.2) is 15.2 Å². The molecule has 7 heteroatoms. The van der Waals surface area contributed by atoms with E-state index in [1.807, 2.05) is 0 Å². The smallest absolute Gasteiger partial charge is 0.275 e. The highest BCUT2D eigenvalue weighted by atomic mass is 35.5. The minimum absolute atomic E-state index is 0.187. The van der Waals surface area contributed by atoms with Crippen LogP contribution >= 0.6 is 23.2 Å². The molecule has 0 aliphatic rings. The van der Waals surface area contributed by atoms with E-state index in [9.17, 15) is 13.6 Å². The van der Waals surface area contributed by atoms with Gasteiger partial charge in [-0.2, -0.15) is 0 Å². The van der Waals surface area contributed by atoms with E-state index >= 15 is 0 Å². The highest BCUT2D eigenvalue weighted by Crippen LogP contribution is 2.19. The molecule has 0 aliphatic heterocycles. The van der Waals surface area contributed by atoms with Crippen LogP contribution in [0.5, 0.6) is 0 Å². The maximum absolute atomic E-state index is 12.0. The Morgan fingerprint density at radius 1 is 1.54 bits per heavy atom. The Morgan fingerprint density at radius 2 is 2.15 bits per heavy atom. The molecule has 0 bridgehead atoms. The number of hydrogen-bond donors (Lipinski definition) is 0. The van der Waals surface area contributed by atoms with Gasteiger partial charge in [0, 0.05) is 6.20 Å². The van der Waals surface area contributed by atoms with Crippen LogP contribution in [0.1, 0.15) is 22.6 Å². The van der Waals surface area contributed by atoms with Crippen molar-refractivity contribution in [1.82, 2.24) is 9.97 Å². The van der Waals surface area contributed by atoms with Gasteiger partial charge in [-0.3, -0.25) is 4.79 Å². The summed E-state index contributed by atoms with van der Waals surface area (Å²) in [5, 5.41) is -1.25. The first-order valence-corrected chi connectivity index (χ1v) is 3.78. The molecule has 0 N–H and O–H groups in total. The molecule has 70 valence electrons. The second-order valence-corrected chi connectivity index (χ2v) is 2.71. The van der Waals surface area contributed by atoms with E-state index in [4.69, 9.17) is 23.2 Å². The number of rotatable bonds is 2. The Balaban J connectivity index is 3.13. The summed E-state index contributed by atoms with van der Waals surface area (Å²) in [6.07, 6.45) is -1.96. The summed E-state index contributed by atoms with van der Waals surface area (Å²) in [6.45, 7) is 0. The Morgan fingerprint density at radius 3 is 2.54 bits per heavy atom. The van der Waals surface area contributed by atoms with Crippen LogP contribution in [-0.2, 0) is 0 Å². The molecule has 0 atom stereocenters. The molecule has 13 heavy (non-hydrogen) atoms. The minimum Gasteiger partial charge on any atom is -0.275 e. The van der Waals surface area contributed by atoms with Gasteiger partial charge in [-0.1, -0.05) is 11.6 Å². The lowest BCUT2D eigenvalue weighted by atomic mass is 10.4. The standard InChI is InChI=1S/C6H2Cl2F2N2O/c7-3-2(4(8)13)1-11-6(12-3)5(9)10/h1,5H. The van der Waals surface area contributed by atoms with Gasteiger partial charge in [0.15, 0.2) is 5.82 Å². The summed E-state index contributed by atoms with van der Waals surface area (Å²) in [5.41, 5.74) is -0.187. The fraction of sp³-hybridized carbons (Fsp3) is 0.167. The second-order valence-electron chi connectivity index (χ2n) is 2.01. The van der Waals surface area contributed by atoms with E-state index in [0.717, 1.165) is 6.20 Å². The summed E-state index contributed by atoms with van der Waals surface area (Å²) in [5.74, 6) is -0.730. The number of carbonyl (C=O) groups excluding carboxylic acids is 1. The second kappa shape index (κ2) is 3.93. The van der Waals surface area contributed by atoms with Crippen molar-refractivity contribution in [3.63, 3.8) is 0 Å². The zero-order valence-corrected chi connectivity index (χ0v) is 7.48. The van der Waals surface area contributed by atoms with E-state index in [1.54, 1.807) is 0 Å². The summed E-state index contributed by atoms with van der Waals surface area (Å²) in [7, 11) is 0. The molecule has 1 aromatic heterocycles. The van der Waals surface area contributed by atoms with E-state index in [1.165, 1.54) is 0 Å². The molecular weight excluding hydrogens is 225 g/mol. The van der Waals surface area contributed by atoms with Crippen molar-refractivity contribution in [2.75, 3.05) is 0 Å². The fourth-order valence-electron chi connectivity index (χ4n) is 0.611. The van der Waals surface area contributed by atoms with Crippen molar-refractivity contribution in [2.24, 2.45) is 0 Å². The van der Waals surface area contributed by atoms with Crippen molar-refractivity contribution in [3.05, 3.63) is 22.7 Å². The Labute approximate surface area is 81.7 Å². The average molecular weight is 227 g/mol. The molecule has 1 aromatic rings. The zero-order chi connectivity index (χ0) is 10.0. The van der Waals surface area contributed by atoms with Gasteiger partial charge in [-0.25, -0.2) is 18.7 Å². The predicted molar refractivity (Wildman–Crippen MR) is 42.2 cm³/mol. The first-order valence-electron chi connectivity index (χ1n) is 3.02. The number of aromatic nitrogens is 2. The summed E-state index contributed by atoms with van der Waals surface area (Å²) >= 11 is 10.4. The molecule has 0 aromatic carbocycles. The Kier molecular flexibility index (Phi) is 3.11. The summed E-state index contributed by atoms with van der Waals surface area (Å²) in [4.78, 5) is 17.0. The molecule has 0 aliphatic carbocycles. The third-order valence-corrected chi connectivity index (χ3v) is 1.66. The van der Waals surface area contributed by atoms with E-state index in [2.05, 4.69) is 9.97 Å². The molecule has 0 radical (unpaired) electrons. The largest absolute Gasteiger partial charge is 0.297 e. The Hall–Kier alpha value is -0.810. The van der Waals surface area contributed by atoms with E-state index in [-0.39, 0.29) is 10.7 Å². The first kappa shape index (κ1) is 10.3. The third kappa shape index (κ3) is 2.32. The van der Waals surface area contributed by atoms with Gasteiger partial charge in [-0.05, 0) is 11.6 Å². The SMILES string of the molecule is O=C(Cl)c1cnc(C(F)F)nc1Cl. The number of alkyl halides is 2. The fourth-order valence-corrected chi connectivity index (χ4v) is 1.02. The van der Waals surface area contributed by atoms with Gasteiger partial charge < -0.3 is 0 Å². The van der Waals surface area contributed by atoms with Crippen molar-refractivity contribution >= 4 is 28.4 Å².